The van der Waals surface area contributed by atoms with Gasteiger partial charge in [0.25, 0.3) is 0 Å². The molecule has 0 amide bonds. The summed E-state index contributed by atoms with van der Waals surface area (Å²) in [6.07, 6.45) is 2.82. The summed E-state index contributed by atoms with van der Waals surface area (Å²) in [7, 11) is -3.33. The number of hydrogen-bond acceptors (Lipinski definition) is 5. The van der Waals surface area contributed by atoms with Crippen molar-refractivity contribution >= 4 is 21.7 Å². The first kappa shape index (κ1) is 16.0. The number of benzene rings is 1. The first-order valence-electron chi connectivity index (χ1n) is 6.71. The molecule has 22 heavy (non-hydrogen) atoms. The topological polar surface area (TPSA) is 101 Å². The molecule has 1 aromatic carbocycles. The van der Waals surface area contributed by atoms with Crippen molar-refractivity contribution in [1.29, 1.82) is 0 Å². The van der Waals surface area contributed by atoms with E-state index in [-0.39, 0.29) is 5.69 Å². The largest absolute Gasteiger partial charge is 0.422 e. The number of ether oxygens (including phenoxy) is 1. The maximum atomic E-state index is 11.9. The standard InChI is InChI=1S/C14H17N3O4S/c1-3-4-11-9-13(16-15-11)14(18)21-12-7-5-10(6-8-12)17-22(2,19)20/h5-9,17H,3-4H2,1-2H3,(H,15,16). The molecule has 0 saturated heterocycles. The lowest BCUT2D eigenvalue weighted by atomic mass is 10.2. The van der Waals surface area contributed by atoms with Crippen LogP contribution in [0.15, 0.2) is 30.3 Å². The zero-order valence-electron chi connectivity index (χ0n) is 12.3. The number of rotatable bonds is 6. The molecule has 0 radical (unpaired) electrons. The first-order valence-corrected chi connectivity index (χ1v) is 8.61. The zero-order valence-corrected chi connectivity index (χ0v) is 13.1. The van der Waals surface area contributed by atoms with Crippen molar-refractivity contribution in [2.24, 2.45) is 0 Å². The van der Waals surface area contributed by atoms with Crippen LogP contribution in [0.3, 0.4) is 0 Å². The fourth-order valence-corrected chi connectivity index (χ4v) is 2.39. The monoisotopic (exact) mass is 323 g/mol. The van der Waals surface area contributed by atoms with E-state index in [0.717, 1.165) is 24.8 Å². The number of esters is 1. The Morgan fingerprint density at radius 1 is 1.32 bits per heavy atom. The SMILES string of the molecule is CCCc1cc(C(=O)Oc2ccc(NS(C)(=O)=O)cc2)n[nH]1. The smallest absolute Gasteiger partial charge is 0.364 e. The molecule has 0 unspecified atom stereocenters. The van der Waals surface area contributed by atoms with Gasteiger partial charge in [0, 0.05) is 11.4 Å². The summed E-state index contributed by atoms with van der Waals surface area (Å²) in [5.74, 6) is -0.258. The summed E-state index contributed by atoms with van der Waals surface area (Å²) in [4.78, 5) is 11.9. The number of H-pyrrole nitrogens is 1. The molecule has 8 heteroatoms. The molecule has 0 atom stereocenters. The summed E-state index contributed by atoms with van der Waals surface area (Å²) < 4.78 is 29.7. The minimum absolute atomic E-state index is 0.210. The average Bonchev–Trinajstić information content (AvgIpc) is 2.88. The molecule has 2 N–H and O–H groups in total. The third-order valence-electron chi connectivity index (χ3n) is 2.73. The minimum atomic E-state index is -3.33. The van der Waals surface area contributed by atoms with Crippen molar-refractivity contribution < 1.29 is 17.9 Å². The van der Waals surface area contributed by atoms with Gasteiger partial charge >= 0.3 is 5.97 Å². The number of hydrogen-bond donors (Lipinski definition) is 2. The molecule has 0 aliphatic carbocycles. The Hall–Kier alpha value is -2.35. The van der Waals surface area contributed by atoms with E-state index in [0.29, 0.717) is 11.4 Å². The Bertz CT molecular complexity index is 751. The van der Waals surface area contributed by atoms with Crippen LogP contribution in [0.2, 0.25) is 0 Å². The number of nitrogens with one attached hydrogen (secondary N) is 2. The number of anilines is 1. The van der Waals surface area contributed by atoms with Gasteiger partial charge in [-0.1, -0.05) is 13.3 Å². The predicted molar refractivity (Wildman–Crippen MR) is 82.4 cm³/mol. The normalized spacial score (nSPS) is 11.2. The molecular formula is C14H17N3O4S. The molecule has 1 aromatic heterocycles. The highest BCUT2D eigenvalue weighted by molar-refractivity contribution is 7.92. The number of nitrogens with zero attached hydrogens (tertiary/aromatic N) is 1. The van der Waals surface area contributed by atoms with Crippen LogP contribution in [0.25, 0.3) is 0 Å². The second kappa shape index (κ2) is 6.61. The van der Waals surface area contributed by atoms with Crippen molar-refractivity contribution in [2.75, 3.05) is 11.0 Å². The molecule has 0 aliphatic rings. The number of aromatic amines is 1. The molecule has 0 aliphatic heterocycles. The van der Waals surface area contributed by atoms with Gasteiger partial charge in [-0.25, -0.2) is 13.2 Å². The molecule has 0 bridgehead atoms. The van der Waals surface area contributed by atoms with Crippen LogP contribution in [-0.4, -0.2) is 30.8 Å². The second-order valence-electron chi connectivity index (χ2n) is 4.82. The van der Waals surface area contributed by atoms with Crippen LogP contribution < -0.4 is 9.46 Å². The minimum Gasteiger partial charge on any atom is -0.422 e. The third kappa shape index (κ3) is 4.59. The van der Waals surface area contributed by atoms with Crippen LogP contribution in [0, 0.1) is 0 Å². The maximum Gasteiger partial charge on any atom is 0.364 e. The van der Waals surface area contributed by atoms with Crippen LogP contribution in [0.4, 0.5) is 5.69 Å². The summed E-state index contributed by atoms with van der Waals surface area (Å²) in [5, 5.41) is 6.69. The van der Waals surface area contributed by atoms with Crippen molar-refractivity contribution in [3.63, 3.8) is 0 Å². The van der Waals surface area contributed by atoms with E-state index in [1.807, 2.05) is 6.92 Å². The fourth-order valence-electron chi connectivity index (χ4n) is 1.83. The van der Waals surface area contributed by atoms with E-state index in [9.17, 15) is 13.2 Å². The van der Waals surface area contributed by atoms with Crippen LogP contribution in [0.1, 0.15) is 29.5 Å². The lowest BCUT2D eigenvalue weighted by Crippen LogP contribution is -2.10. The molecular weight excluding hydrogens is 306 g/mol. The third-order valence-corrected chi connectivity index (χ3v) is 3.33. The van der Waals surface area contributed by atoms with Gasteiger partial charge in [0.15, 0.2) is 5.69 Å². The number of aromatic nitrogens is 2. The molecule has 1 heterocycles. The second-order valence-corrected chi connectivity index (χ2v) is 6.57. The van der Waals surface area contributed by atoms with E-state index >= 15 is 0 Å². The number of carbonyl (C=O) groups excluding carboxylic acids is 1. The highest BCUT2D eigenvalue weighted by Gasteiger charge is 2.13. The van der Waals surface area contributed by atoms with Crippen molar-refractivity contribution in [3.8, 4) is 5.75 Å². The lowest BCUT2D eigenvalue weighted by molar-refractivity contribution is 0.0728. The quantitative estimate of drug-likeness (QED) is 0.625. The lowest BCUT2D eigenvalue weighted by Gasteiger charge is -2.05. The fraction of sp³-hybridized carbons (Fsp3) is 0.286. The molecule has 0 spiro atoms. The summed E-state index contributed by atoms with van der Waals surface area (Å²) in [6, 6.07) is 7.69. The Morgan fingerprint density at radius 2 is 2.00 bits per heavy atom. The average molecular weight is 323 g/mol. The van der Waals surface area contributed by atoms with Gasteiger partial charge in [0.2, 0.25) is 10.0 Å². The Morgan fingerprint density at radius 3 is 2.59 bits per heavy atom. The predicted octanol–water partition coefficient (Wildman–Crippen LogP) is 1.95. The van der Waals surface area contributed by atoms with E-state index in [4.69, 9.17) is 4.74 Å². The number of aryl methyl sites for hydroxylation is 1. The van der Waals surface area contributed by atoms with E-state index < -0.39 is 16.0 Å². The molecule has 7 nitrogen and oxygen atoms in total. The summed E-state index contributed by atoms with van der Waals surface area (Å²) in [5.41, 5.74) is 1.48. The van der Waals surface area contributed by atoms with Gasteiger partial charge < -0.3 is 4.74 Å². The Balaban J connectivity index is 2.02. The maximum absolute atomic E-state index is 11.9. The van der Waals surface area contributed by atoms with Crippen LogP contribution >= 0.6 is 0 Å². The van der Waals surface area contributed by atoms with Gasteiger partial charge in [0.1, 0.15) is 5.75 Å². The van der Waals surface area contributed by atoms with Crippen molar-refractivity contribution in [1.82, 2.24) is 10.2 Å². The van der Waals surface area contributed by atoms with Crippen molar-refractivity contribution in [3.05, 3.63) is 41.7 Å². The molecule has 0 fully saturated rings. The van der Waals surface area contributed by atoms with E-state index in [1.54, 1.807) is 6.07 Å². The van der Waals surface area contributed by atoms with Crippen LogP contribution in [0.5, 0.6) is 5.75 Å². The van der Waals surface area contributed by atoms with Crippen molar-refractivity contribution in [2.45, 2.75) is 19.8 Å². The summed E-state index contributed by atoms with van der Waals surface area (Å²) >= 11 is 0. The Kier molecular flexibility index (Phi) is 4.81. The molecule has 2 rings (SSSR count). The van der Waals surface area contributed by atoms with Gasteiger partial charge in [-0.15, -0.1) is 0 Å². The van der Waals surface area contributed by atoms with Gasteiger partial charge in [-0.3, -0.25) is 9.82 Å². The first-order chi connectivity index (χ1) is 10.4. The molecule has 2 aromatic rings. The highest BCUT2D eigenvalue weighted by Crippen LogP contribution is 2.17. The zero-order chi connectivity index (χ0) is 16.2. The van der Waals surface area contributed by atoms with E-state index in [1.165, 1.54) is 24.3 Å². The van der Waals surface area contributed by atoms with Gasteiger partial charge in [0.05, 0.1) is 6.26 Å². The molecule has 0 saturated carbocycles. The van der Waals surface area contributed by atoms with Crippen LogP contribution in [-0.2, 0) is 16.4 Å². The van der Waals surface area contributed by atoms with Gasteiger partial charge in [-0.2, -0.15) is 5.10 Å². The Labute approximate surface area is 128 Å². The van der Waals surface area contributed by atoms with Gasteiger partial charge in [-0.05, 0) is 36.8 Å². The van der Waals surface area contributed by atoms with E-state index in [2.05, 4.69) is 14.9 Å². The number of carbonyl (C=O) groups is 1. The number of sulfonamides is 1. The highest BCUT2D eigenvalue weighted by atomic mass is 32.2. The molecule has 118 valence electrons. The summed E-state index contributed by atoms with van der Waals surface area (Å²) in [6.45, 7) is 2.03.